The highest BCUT2D eigenvalue weighted by Crippen LogP contribution is 2.25. The van der Waals surface area contributed by atoms with E-state index in [-0.39, 0.29) is 10.6 Å². The van der Waals surface area contributed by atoms with E-state index in [4.69, 9.17) is 21.1 Å². The average molecular weight is 427 g/mol. The van der Waals surface area contributed by atoms with Gasteiger partial charge in [-0.3, -0.25) is 4.79 Å². The van der Waals surface area contributed by atoms with Crippen molar-refractivity contribution in [1.29, 1.82) is 0 Å². The summed E-state index contributed by atoms with van der Waals surface area (Å²) in [6.07, 6.45) is -1.00. The second kappa shape index (κ2) is 8.87. The molecule has 132 valence electrons. The van der Waals surface area contributed by atoms with Gasteiger partial charge in [-0.15, -0.1) is 0 Å². The van der Waals surface area contributed by atoms with Crippen LogP contribution in [0.2, 0.25) is 5.02 Å². The van der Waals surface area contributed by atoms with Crippen molar-refractivity contribution < 1.29 is 19.1 Å². The molecule has 0 heterocycles. The standard InChI is InChI=1S/C18H17BrClNO4/c1-3-24-16-7-5-4-6-15(16)21-17(22)11(2)25-18(23)13-10-12(19)8-9-14(13)20/h4-11H,3H2,1-2H3,(H,21,22). The topological polar surface area (TPSA) is 64.6 Å². The van der Waals surface area contributed by atoms with Crippen molar-refractivity contribution in [3.63, 3.8) is 0 Å². The van der Waals surface area contributed by atoms with Gasteiger partial charge >= 0.3 is 5.97 Å². The van der Waals surface area contributed by atoms with Crippen LogP contribution in [0.1, 0.15) is 24.2 Å². The molecule has 0 fully saturated rings. The molecule has 7 heteroatoms. The van der Waals surface area contributed by atoms with Gasteiger partial charge in [0.05, 0.1) is 22.9 Å². The van der Waals surface area contributed by atoms with Crippen molar-refractivity contribution in [2.24, 2.45) is 0 Å². The molecule has 2 rings (SSSR count). The van der Waals surface area contributed by atoms with Crippen LogP contribution in [0.15, 0.2) is 46.9 Å². The summed E-state index contributed by atoms with van der Waals surface area (Å²) in [6.45, 7) is 3.81. The molecule has 1 unspecified atom stereocenters. The Morgan fingerprint density at radius 1 is 1.24 bits per heavy atom. The Bertz CT molecular complexity index is 781. The van der Waals surface area contributed by atoms with Crippen LogP contribution < -0.4 is 10.1 Å². The first-order valence-electron chi connectivity index (χ1n) is 7.61. The first-order valence-corrected chi connectivity index (χ1v) is 8.78. The molecule has 0 aliphatic rings. The third-order valence-corrected chi connectivity index (χ3v) is 4.07. The van der Waals surface area contributed by atoms with E-state index in [9.17, 15) is 9.59 Å². The molecule has 1 amide bonds. The predicted octanol–water partition coefficient (Wildman–Crippen LogP) is 4.69. The van der Waals surface area contributed by atoms with Gasteiger partial charge in [0.1, 0.15) is 5.75 Å². The van der Waals surface area contributed by atoms with Crippen LogP contribution in [0.4, 0.5) is 5.69 Å². The Balaban J connectivity index is 2.05. The number of ether oxygens (including phenoxy) is 2. The molecule has 0 radical (unpaired) electrons. The molecule has 25 heavy (non-hydrogen) atoms. The number of benzene rings is 2. The number of rotatable bonds is 6. The van der Waals surface area contributed by atoms with Gasteiger partial charge in [0, 0.05) is 4.47 Å². The highest BCUT2D eigenvalue weighted by molar-refractivity contribution is 9.10. The van der Waals surface area contributed by atoms with E-state index >= 15 is 0 Å². The minimum Gasteiger partial charge on any atom is -0.492 e. The number of hydrogen-bond donors (Lipinski definition) is 1. The molecule has 1 N–H and O–H groups in total. The van der Waals surface area contributed by atoms with Crippen LogP contribution >= 0.6 is 27.5 Å². The van der Waals surface area contributed by atoms with E-state index in [1.165, 1.54) is 6.92 Å². The minimum atomic E-state index is -1.00. The van der Waals surface area contributed by atoms with Crippen molar-refractivity contribution in [3.05, 3.63) is 57.5 Å². The van der Waals surface area contributed by atoms with Gasteiger partial charge < -0.3 is 14.8 Å². The normalized spacial score (nSPS) is 11.5. The number of carbonyl (C=O) groups excluding carboxylic acids is 2. The van der Waals surface area contributed by atoms with Crippen molar-refractivity contribution in [1.82, 2.24) is 0 Å². The lowest BCUT2D eigenvalue weighted by Gasteiger charge is -2.16. The predicted molar refractivity (Wildman–Crippen MR) is 100 cm³/mol. The molecule has 2 aromatic rings. The zero-order chi connectivity index (χ0) is 18.4. The van der Waals surface area contributed by atoms with Gasteiger partial charge in [-0.25, -0.2) is 4.79 Å². The lowest BCUT2D eigenvalue weighted by atomic mass is 10.2. The van der Waals surface area contributed by atoms with Gasteiger partial charge in [-0.1, -0.05) is 39.7 Å². The van der Waals surface area contributed by atoms with Crippen LogP contribution in [0, 0.1) is 0 Å². The fraction of sp³-hybridized carbons (Fsp3) is 0.222. The van der Waals surface area contributed by atoms with Crippen molar-refractivity contribution in [3.8, 4) is 5.75 Å². The van der Waals surface area contributed by atoms with Crippen LogP contribution in [-0.2, 0) is 9.53 Å². The smallest absolute Gasteiger partial charge is 0.340 e. The zero-order valence-corrected chi connectivity index (χ0v) is 16.1. The van der Waals surface area contributed by atoms with E-state index < -0.39 is 18.0 Å². The fourth-order valence-corrected chi connectivity index (χ4v) is 2.57. The van der Waals surface area contributed by atoms with E-state index in [0.717, 1.165) is 0 Å². The highest BCUT2D eigenvalue weighted by Gasteiger charge is 2.21. The third kappa shape index (κ3) is 5.21. The van der Waals surface area contributed by atoms with Crippen molar-refractivity contribution >= 4 is 45.1 Å². The second-order valence-electron chi connectivity index (χ2n) is 5.09. The molecule has 0 bridgehead atoms. The SMILES string of the molecule is CCOc1ccccc1NC(=O)C(C)OC(=O)c1cc(Br)ccc1Cl. The molecule has 0 aliphatic heterocycles. The summed E-state index contributed by atoms with van der Waals surface area (Å²) in [4.78, 5) is 24.5. The summed E-state index contributed by atoms with van der Waals surface area (Å²) in [7, 11) is 0. The van der Waals surface area contributed by atoms with Crippen molar-refractivity contribution in [2.45, 2.75) is 20.0 Å². The molecule has 0 aromatic heterocycles. The largest absolute Gasteiger partial charge is 0.492 e. The van der Waals surface area contributed by atoms with Gasteiger partial charge in [0.25, 0.3) is 5.91 Å². The number of esters is 1. The quantitative estimate of drug-likeness (QED) is 0.681. The molecule has 2 aromatic carbocycles. The molecule has 1 atom stereocenters. The first kappa shape index (κ1) is 19.3. The highest BCUT2D eigenvalue weighted by atomic mass is 79.9. The number of carbonyl (C=O) groups is 2. The van der Waals surface area contributed by atoms with Gasteiger partial charge in [0.15, 0.2) is 6.10 Å². The Labute approximate surface area is 159 Å². The molecular formula is C18H17BrClNO4. The number of para-hydroxylation sites is 2. The molecule has 0 aliphatic carbocycles. The number of halogens is 2. The fourth-order valence-electron chi connectivity index (χ4n) is 2.02. The van der Waals surface area contributed by atoms with Crippen LogP contribution in [0.25, 0.3) is 0 Å². The molecule has 0 saturated heterocycles. The molecule has 5 nitrogen and oxygen atoms in total. The van der Waals surface area contributed by atoms with Gasteiger partial charge in [-0.05, 0) is 44.2 Å². The van der Waals surface area contributed by atoms with E-state index in [2.05, 4.69) is 21.2 Å². The summed E-state index contributed by atoms with van der Waals surface area (Å²) in [5.74, 6) is -0.592. The van der Waals surface area contributed by atoms with Crippen LogP contribution in [0.3, 0.4) is 0 Å². The maximum atomic E-state index is 12.3. The third-order valence-electron chi connectivity index (χ3n) is 3.25. The Morgan fingerprint density at radius 3 is 2.68 bits per heavy atom. The summed E-state index contributed by atoms with van der Waals surface area (Å²) in [5.41, 5.74) is 0.697. The first-order chi connectivity index (χ1) is 11.9. The number of amides is 1. The molecule has 0 saturated carbocycles. The minimum absolute atomic E-state index is 0.186. The maximum Gasteiger partial charge on any atom is 0.340 e. The van der Waals surface area contributed by atoms with E-state index in [0.29, 0.717) is 22.5 Å². The van der Waals surface area contributed by atoms with Crippen molar-refractivity contribution in [2.75, 3.05) is 11.9 Å². The lowest BCUT2D eigenvalue weighted by molar-refractivity contribution is -0.123. The Kier molecular flexibility index (Phi) is 6.84. The zero-order valence-electron chi connectivity index (χ0n) is 13.7. The van der Waals surface area contributed by atoms with E-state index in [1.54, 1.807) is 42.5 Å². The summed E-state index contributed by atoms with van der Waals surface area (Å²) >= 11 is 9.27. The Morgan fingerprint density at radius 2 is 1.96 bits per heavy atom. The molecule has 0 spiro atoms. The van der Waals surface area contributed by atoms with Crippen LogP contribution in [0.5, 0.6) is 5.75 Å². The maximum absolute atomic E-state index is 12.3. The number of anilines is 1. The number of nitrogens with one attached hydrogen (secondary N) is 1. The lowest BCUT2D eigenvalue weighted by Crippen LogP contribution is -2.30. The van der Waals surface area contributed by atoms with Gasteiger partial charge in [0.2, 0.25) is 0 Å². The molecular weight excluding hydrogens is 410 g/mol. The van der Waals surface area contributed by atoms with Crippen LogP contribution in [-0.4, -0.2) is 24.6 Å². The van der Waals surface area contributed by atoms with E-state index in [1.807, 2.05) is 6.92 Å². The monoisotopic (exact) mass is 425 g/mol. The summed E-state index contributed by atoms with van der Waals surface area (Å²) in [5, 5.41) is 2.95. The van der Waals surface area contributed by atoms with Gasteiger partial charge in [-0.2, -0.15) is 0 Å². The average Bonchev–Trinajstić information content (AvgIpc) is 2.58. The summed E-state index contributed by atoms with van der Waals surface area (Å²) in [6, 6.07) is 11.9. The summed E-state index contributed by atoms with van der Waals surface area (Å²) < 4.78 is 11.3. The Hall–Kier alpha value is -2.05. The number of hydrogen-bond acceptors (Lipinski definition) is 4. The second-order valence-corrected chi connectivity index (χ2v) is 6.41.